The molecule has 0 radical (unpaired) electrons. The first-order valence-electron chi connectivity index (χ1n) is 4.21. The number of carbonyl (C=O) groups excluding carboxylic acids is 1. The lowest BCUT2D eigenvalue weighted by atomic mass is 10.1. The second-order valence-corrected chi connectivity index (χ2v) is 4.78. The van der Waals surface area contributed by atoms with Gasteiger partial charge in [0, 0.05) is 20.2 Å². The number of benzene rings is 1. The lowest BCUT2D eigenvalue weighted by molar-refractivity contribution is 0.0782. The summed E-state index contributed by atoms with van der Waals surface area (Å²) < 4.78 is 6.94. The van der Waals surface area contributed by atoms with Crippen molar-refractivity contribution in [3.8, 4) is 0 Å². The van der Waals surface area contributed by atoms with E-state index in [0.29, 0.717) is 12.2 Å². The van der Waals surface area contributed by atoms with E-state index in [1.165, 1.54) is 0 Å². The summed E-state index contributed by atoms with van der Waals surface area (Å²) >= 11 is 5.52. The Hall–Kier alpha value is 0.0600. The number of rotatable bonds is 4. The molecule has 1 aromatic carbocycles. The number of hydrogen-bond donors (Lipinski definition) is 0. The Bertz CT molecular complexity index is 339. The molecule has 0 aromatic heterocycles. The smallest absolute Gasteiger partial charge is 0.189 e. The molecule has 0 N–H and O–H groups in total. The molecular weight excluding hydrogens is 359 g/mol. The molecule has 0 bridgehead atoms. The molecule has 0 aliphatic heterocycles. The summed E-state index contributed by atoms with van der Waals surface area (Å²) in [5.41, 5.74) is 0.686. The molecule has 0 atom stereocenters. The zero-order chi connectivity index (χ0) is 10.6. The van der Waals surface area contributed by atoms with Crippen LogP contribution in [0.4, 0.5) is 0 Å². The average Bonchev–Trinajstić information content (AvgIpc) is 2.18. The van der Waals surface area contributed by atoms with Crippen LogP contribution >= 0.6 is 38.5 Å². The summed E-state index contributed by atoms with van der Waals surface area (Å²) in [6.07, 6.45) is 0. The van der Waals surface area contributed by atoms with Crippen LogP contribution in [0.5, 0.6) is 0 Å². The molecule has 1 rings (SSSR count). The minimum atomic E-state index is 0.0113. The molecule has 0 spiro atoms. The first-order chi connectivity index (χ1) is 6.65. The van der Waals surface area contributed by atoms with Gasteiger partial charge in [0.2, 0.25) is 0 Å². The van der Waals surface area contributed by atoms with E-state index in [4.69, 9.17) is 4.74 Å². The lowest BCUT2D eigenvalue weighted by Crippen LogP contribution is -2.09. The van der Waals surface area contributed by atoms with Crippen molar-refractivity contribution in [2.45, 2.75) is 6.92 Å². The molecule has 0 aliphatic rings. The van der Waals surface area contributed by atoms with Gasteiger partial charge in [-0.1, -0.05) is 15.9 Å². The highest BCUT2D eigenvalue weighted by molar-refractivity contribution is 14.1. The first-order valence-corrected chi connectivity index (χ1v) is 6.08. The van der Waals surface area contributed by atoms with Crippen molar-refractivity contribution in [1.82, 2.24) is 0 Å². The number of carbonyl (C=O) groups is 1. The van der Waals surface area contributed by atoms with E-state index >= 15 is 0 Å². The molecule has 0 unspecified atom stereocenters. The van der Waals surface area contributed by atoms with Gasteiger partial charge in [-0.2, -0.15) is 0 Å². The van der Waals surface area contributed by atoms with E-state index in [1.807, 2.05) is 25.1 Å². The minimum absolute atomic E-state index is 0.0113. The highest BCUT2D eigenvalue weighted by atomic mass is 127. The van der Waals surface area contributed by atoms with Crippen LogP contribution in [0.2, 0.25) is 0 Å². The molecular formula is C10H10BrIO2. The van der Waals surface area contributed by atoms with Crippen molar-refractivity contribution in [3.05, 3.63) is 31.8 Å². The van der Waals surface area contributed by atoms with Gasteiger partial charge in [0.15, 0.2) is 5.78 Å². The summed E-state index contributed by atoms with van der Waals surface area (Å²) in [6, 6.07) is 5.68. The maximum Gasteiger partial charge on any atom is 0.189 e. The van der Waals surface area contributed by atoms with Gasteiger partial charge in [-0.25, -0.2) is 0 Å². The molecule has 0 aliphatic carbocycles. The predicted octanol–water partition coefficient (Wildman–Crippen LogP) is 3.27. The molecule has 0 fully saturated rings. The van der Waals surface area contributed by atoms with Gasteiger partial charge in [-0.15, -0.1) is 0 Å². The Morgan fingerprint density at radius 1 is 1.57 bits per heavy atom. The fraction of sp³-hybridized carbons (Fsp3) is 0.300. The summed E-state index contributed by atoms with van der Waals surface area (Å²) in [5, 5.41) is 0. The van der Waals surface area contributed by atoms with Crippen LogP contribution in [0, 0.1) is 3.57 Å². The van der Waals surface area contributed by atoms with Gasteiger partial charge < -0.3 is 4.74 Å². The Morgan fingerprint density at radius 3 is 2.93 bits per heavy atom. The summed E-state index contributed by atoms with van der Waals surface area (Å²) in [5.74, 6) is 0.0113. The Morgan fingerprint density at radius 2 is 2.29 bits per heavy atom. The van der Waals surface area contributed by atoms with Gasteiger partial charge in [0.1, 0.15) is 6.61 Å². The molecule has 76 valence electrons. The van der Waals surface area contributed by atoms with Crippen molar-refractivity contribution in [1.29, 1.82) is 0 Å². The normalized spacial score (nSPS) is 10.2. The second-order valence-electron chi connectivity index (χ2n) is 2.68. The fourth-order valence-corrected chi connectivity index (χ4v) is 1.94. The van der Waals surface area contributed by atoms with Crippen molar-refractivity contribution >= 4 is 44.3 Å². The lowest BCUT2D eigenvalue weighted by Gasteiger charge is -2.04. The third-order valence-electron chi connectivity index (χ3n) is 1.67. The summed E-state index contributed by atoms with van der Waals surface area (Å²) in [7, 11) is 0. The van der Waals surface area contributed by atoms with Crippen LogP contribution < -0.4 is 0 Å². The Labute approximate surface area is 105 Å². The van der Waals surface area contributed by atoms with Crippen LogP contribution in [0.25, 0.3) is 0 Å². The Kier molecular flexibility index (Phi) is 5.05. The van der Waals surface area contributed by atoms with E-state index in [2.05, 4.69) is 38.5 Å². The van der Waals surface area contributed by atoms with Gasteiger partial charge >= 0.3 is 0 Å². The van der Waals surface area contributed by atoms with E-state index in [1.54, 1.807) is 0 Å². The topological polar surface area (TPSA) is 26.3 Å². The summed E-state index contributed by atoms with van der Waals surface area (Å²) in [4.78, 5) is 11.6. The predicted molar refractivity (Wildman–Crippen MR) is 67.7 cm³/mol. The average molecular weight is 369 g/mol. The van der Waals surface area contributed by atoms with Crippen LogP contribution in [0.3, 0.4) is 0 Å². The first kappa shape index (κ1) is 12.1. The van der Waals surface area contributed by atoms with E-state index < -0.39 is 0 Å². The molecule has 0 heterocycles. The molecule has 0 amide bonds. The molecule has 0 saturated heterocycles. The Balaban J connectivity index is 2.83. The maximum absolute atomic E-state index is 11.6. The van der Waals surface area contributed by atoms with Crippen molar-refractivity contribution < 1.29 is 9.53 Å². The zero-order valence-electron chi connectivity index (χ0n) is 7.72. The minimum Gasteiger partial charge on any atom is -0.374 e. The third-order valence-corrected chi connectivity index (χ3v) is 3.03. The van der Waals surface area contributed by atoms with Crippen molar-refractivity contribution in [3.63, 3.8) is 0 Å². The fourth-order valence-electron chi connectivity index (χ4n) is 0.984. The van der Waals surface area contributed by atoms with Gasteiger partial charge in [-0.05, 0) is 47.7 Å². The van der Waals surface area contributed by atoms with Gasteiger partial charge in [-0.3, -0.25) is 4.79 Å². The highest BCUT2D eigenvalue weighted by Gasteiger charge is 2.09. The second kappa shape index (κ2) is 5.82. The van der Waals surface area contributed by atoms with Crippen LogP contribution in [0.15, 0.2) is 22.7 Å². The van der Waals surface area contributed by atoms with E-state index in [9.17, 15) is 4.79 Å². The SMILES string of the molecule is CCOCC(=O)c1cc(I)ccc1Br. The number of hydrogen-bond acceptors (Lipinski definition) is 2. The number of ether oxygens (including phenoxy) is 1. The van der Waals surface area contributed by atoms with Crippen molar-refractivity contribution in [2.75, 3.05) is 13.2 Å². The maximum atomic E-state index is 11.6. The third kappa shape index (κ3) is 3.33. The van der Waals surface area contributed by atoms with Gasteiger partial charge in [0.05, 0.1) is 0 Å². The summed E-state index contributed by atoms with van der Waals surface area (Å²) in [6.45, 7) is 2.58. The van der Waals surface area contributed by atoms with Gasteiger partial charge in [0.25, 0.3) is 0 Å². The van der Waals surface area contributed by atoms with Crippen LogP contribution in [-0.4, -0.2) is 19.0 Å². The van der Waals surface area contributed by atoms with Crippen LogP contribution in [-0.2, 0) is 4.74 Å². The molecule has 2 nitrogen and oxygen atoms in total. The van der Waals surface area contributed by atoms with Crippen molar-refractivity contribution in [2.24, 2.45) is 0 Å². The van der Waals surface area contributed by atoms with E-state index in [-0.39, 0.29) is 12.4 Å². The molecule has 1 aromatic rings. The standard InChI is InChI=1S/C10H10BrIO2/c1-2-14-6-10(13)8-5-7(12)3-4-9(8)11/h3-5H,2,6H2,1H3. The highest BCUT2D eigenvalue weighted by Crippen LogP contribution is 2.19. The number of ketones is 1. The number of Topliss-reactive ketones (excluding diaryl/α,β-unsaturated/α-hetero) is 1. The largest absolute Gasteiger partial charge is 0.374 e. The van der Waals surface area contributed by atoms with E-state index in [0.717, 1.165) is 8.04 Å². The molecule has 14 heavy (non-hydrogen) atoms. The zero-order valence-corrected chi connectivity index (χ0v) is 11.5. The van der Waals surface area contributed by atoms with Crippen LogP contribution in [0.1, 0.15) is 17.3 Å². The monoisotopic (exact) mass is 368 g/mol. The molecule has 0 saturated carbocycles. The quantitative estimate of drug-likeness (QED) is 0.602. The molecule has 4 heteroatoms. The number of halogens is 2.